The van der Waals surface area contributed by atoms with Gasteiger partial charge in [-0.2, -0.15) is 0 Å². The highest BCUT2D eigenvalue weighted by molar-refractivity contribution is 6.00. The maximum absolute atomic E-state index is 11.5. The number of anilines is 2. The molecule has 21 heavy (non-hydrogen) atoms. The third-order valence-electron chi connectivity index (χ3n) is 3.43. The van der Waals surface area contributed by atoms with Gasteiger partial charge in [-0.3, -0.25) is 4.79 Å². The summed E-state index contributed by atoms with van der Waals surface area (Å²) in [5, 5.41) is 3.37. The number of hydrogen-bond acceptors (Lipinski definition) is 4. The number of hydrogen-bond donors (Lipinski definition) is 2. The molecule has 2 aromatic carbocycles. The molecule has 110 valence electrons. The molecule has 0 aromatic heterocycles. The number of carbonyl (C=O) groups excluding carboxylic acids is 1. The largest absolute Gasteiger partial charge is 0.497 e. The first-order valence-corrected chi connectivity index (χ1v) is 6.82. The summed E-state index contributed by atoms with van der Waals surface area (Å²) in [5.41, 5.74) is 8.86. The number of ether oxygens (including phenoxy) is 1. The number of carbonyl (C=O) groups is 1. The Morgan fingerprint density at radius 3 is 2.43 bits per heavy atom. The van der Waals surface area contributed by atoms with E-state index in [-0.39, 0.29) is 11.8 Å². The van der Waals surface area contributed by atoms with Crippen LogP contribution in [0.1, 0.15) is 35.8 Å². The molecule has 4 heteroatoms. The van der Waals surface area contributed by atoms with Crippen molar-refractivity contribution in [1.29, 1.82) is 0 Å². The molecule has 0 radical (unpaired) electrons. The van der Waals surface area contributed by atoms with Crippen LogP contribution in [0.15, 0.2) is 42.5 Å². The Bertz CT molecular complexity index is 636. The Morgan fingerprint density at radius 1 is 1.19 bits per heavy atom. The first-order valence-electron chi connectivity index (χ1n) is 6.82. The number of nitrogens with one attached hydrogen (secondary N) is 1. The summed E-state index contributed by atoms with van der Waals surface area (Å²) in [4.78, 5) is 11.5. The van der Waals surface area contributed by atoms with E-state index < -0.39 is 0 Å². The van der Waals surface area contributed by atoms with Gasteiger partial charge in [0.25, 0.3) is 0 Å². The molecule has 0 aliphatic heterocycles. The summed E-state index contributed by atoms with van der Waals surface area (Å²) >= 11 is 0. The molecule has 0 saturated carbocycles. The molecular formula is C17H20N2O2. The molecule has 3 N–H and O–H groups in total. The molecule has 0 aliphatic rings. The Balaban J connectivity index is 2.16. The minimum Gasteiger partial charge on any atom is -0.497 e. The van der Waals surface area contributed by atoms with E-state index in [0.29, 0.717) is 11.3 Å². The summed E-state index contributed by atoms with van der Waals surface area (Å²) < 4.78 is 5.15. The van der Waals surface area contributed by atoms with E-state index in [1.807, 2.05) is 30.3 Å². The van der Waals surface area contributed by atoms with Gasteiger partial charge in [-0.1, -0.05) is 12.1 Å². The first kappa shape index (κ1) is 14.9. The molecule has 1 unspecified atom stereocenters. The van der Waals surface area contributed by atoms with Crippen molar-refractivity contribution in [2.75, 3.05) is 18.2 Å². The lowest BCUT2D eigenvalue weighted by Crippen LogP contribution is -2.08. The first-order chi connectivity index (χ1) is 10.0. The zero-order chi connectivity index (χ0) is 15.4. The van der Waals surface area contributed by atoms with Crippen LogP contribution in [0.3, 0.4) is 0 Å². The lowest BCUT2D eigenvalue weighted by molar-refractivity contribution is 0.101. The molecule has 2 rings (SSSR count). The minimum absolute atomic E-state index is 0.0340. The average Bonchev–Trinajstić information content (AvgIpc) is 2.49. The maximum Gasteiger partial charge on any atom is 0.161 e. The van der Waals surface area contributed by atoms with E-state index >= 15 is 0 Å². The van der Waals surface area contributed by atoms with Gasteiger partial charge in [-0.15, -0.1) is 0 Å². The molecular weight excluding hydrogens is 264 g/mol. The molecule has 0 aliphatic carbocycles. The molecule has 0 saturated heterocycles. The second kappa shape index (κ2) is 6.31. The summed E-state index contributed by atoms with van der Waals surface area (Å²) in [5.74, 6) is 0.797. The van der Waals surface area contributed by atoms with Crippen LogP contribution < -0.4 is 15.8 Å². The highest BCUT2D eigenvalue weighted by Gasteiger charge is 2.09. The third-order valence-corrected chi connectivity index (χ3v) is 3.43. The van der Waals surface area contributed by atoms with E-state index in [1.165, 1.54) is 6.92 Å². The number of ketones is 1. The highest BCUT2D eigenvalue weighted by Crippen LogP contribution is 2.24. The normalized spacial score (nSPS) is 11.8. The van der Waals surface area contributed by atoms with Gasteiger partial charge in [0, 0.05) is 23.0 Å². The number of methoxy groups -OCH3 is 1. The van der Waals surface area contributed by atoms with Gasteiger partial charge in [0.2, 0.25) is 0 Å². The fourth-order valence-corrected chi connectivity index (χ4v) is 2.18. The van der Waals surface area contributed by atoms with Gasteiger partial charge in [-0.25, -0.2) is 0 Å². The summed E-state index contributed by atoms with van der Waals surface area (Å²) in [7, 11) is 1.65. The average molecular weight is 284 g/mol. The van der Waals surface area contributed by atoms with Gasteiger partial charge in [-0.05, 0) is 49.7 Å². The minimum atomic E-state index is -0.0340. The number of nitrogen functional groups attached to an aromatic ring is 1. The number of nitrogens with two attached hydrogens (primary N) is 1. The van der Waals surface area contributed by atoms with Crippen LogP contribution in [0.25, 0.3) is 0 Å². The lowest BCUT2D eigenvalue weighted by Gasteiger charge is -2.17. The molecule has 1 atom stereocenters. The number of benzene rings is 2. The van der Waals surface area contributed by atoms with Crippen molar-refractivity contribution in [3.05, 3.63) is 53.6 Å². The molecule has 0 heterocycles. The van der Waals surface area contributed by atoms with Crippen molar-refractivity contribution < 1.29 is 9.53 Å². The van der Waals surface area contributed by atoms with Gasteiger partial charge < -0.3 is 15.8 Å². The molecule has 0 amide bonds. The summed E-state index contributed by atoms with van der Waals surface area (Å²) in [6, 6.07) is 13.4. The van der Waals surface area contributed by atoms with Crippen molar-refractivity contribution in [1.82, 2.24) is 0 Å². The second-order valence-electron chi connectivity index (χ2n) is 5.00. The van der Waals surface area contributed by atoms with Crippen molar-refractivity contribution in [3.63, 3.8) is 0 Å². The Labute approximate surface area is 124 Å². The fourth-order valence-electron chi connectivity index (χ4n) is 2.18. The van der Waals surface area contributed by atoms with E-state index in [4.69, 9.17) is 10.5 Å². The summed E-state index contributed by atoms with van der Waals surface area (Å²) in [6.45, 7) is 3.58. The smallest absolute Gasteiger partial charge is 0.161 e. The van der Waals surface area contributed by atoms with Crippen molar-refractivity contribution in [2.45, 2.75) is 19.9 Å². The van der Waals surface area contributed by atoms with Gasteiger partial charge in [0.15, 0.2) is 5.78 Å². The molecule has 4 nitrogen and oxygen atoms in total. The standard InChI is InChI=1S/C17H20N2O2/c1-11(13-4-7-15(21-3)8-5-13)19-14-6-9-17(18)16(10-14)12(2)20/h4-11,19H,18H2,1-3H3. The van der Waals surface area contributed by atoms with E-state index in [1.54, 1.807) is 19.2 Å². The molecule has 0 fully saturated rings. The predicted molar refractivity (Wildman–Crippen MR) is 85.9 cm³/mol. The zero-order valence-electron chi connectivity index (χ0n) is 12.5. The molecule has 0 bridgehead atoms. The van der Waals surface area contributed by atoms with E-state index in [0.717, 1.165) is 17.0 Å². The highest BCUT2D eigenvalue weighted by atomic mass is 16.5. The fraction of sp³-hybridized carbons (Fsp3) is 0.235. The summed E-state index contributed by atoms with van der Waals surface area (Å²) in [6.07, 6.45) is 0. The van der Waals surface area contributed by atoms with Crippen molar-refractivity contribution in [2.24, 2.45) is 0 Å². The van der Waals surface area contributed by atoms with E-state index in [2.05, 4.69) is 12.2 Å². The quantitative estimate of drug-likeness (QED) is 0.649. The third kappa shape index (κ3) is 3.54. The number of Topliss-reactive ketones (excluding diaryl/α,β-unsaturated/α-hetero) is 1. The number of rotatable bonds is 5. The molecule has 2 aromatic rings. The molecule has 0 spiro atoms. The topological polar surface area (TPSA) is 64.3 Å². The van der Waals surface area contributed by atoms with Gasteiger partial charge >= 0.3 is 0 Å². The van der Waals surface area contributed by atoms with Crippen molar-refractivity contribution >= 4 is 17.2 Å². The Kier molecular flexibility index (Phi) is 4.48. The van der Waals surface area contributed by atoms with Crippen LogP contribution in [0.2, 0.25) is 0 Å². The van der Waals surface area contributed by atoms with Gasteiger partial charge in [0.05, 0.1) is 7.11 Å². The monoisotopic (exact) mass is 284 g/mol. The van der Waals surface area contributed by atoms with Gasteiger partial charge in [0.1, 0.15) is 5.75 Å². The van der Waals surface area contributed by atoms with Crippen molar-refractivity contribution in [3.8, 4) is 5.75 Å². The zero-order valence-corrected chi connectivity index (χ0v) is 12.5. The van der Waals surface area contributed by atoms with Crippen LogP contribution in [0.5, 0.6) is 5.75 Å². The van der Waals surface area contributed by atoms with Crippen LogP contribution in [-0.4, -0.2) is 12.9 Å². The van der Waals surface area contributed by atoms with Crippen LogP contribution >= 0.6 is 0 Å². The lowest BCUT2D eigenvalue weighted by atomic mass is 10.1. The maximum atomic E-state index is 11.5. The predicted octanol–water partition coefficient (Wildman–Crippen LogP) is 3.65. The van der Waals surface area contributed by atoms with Crippen LogP contribution in [0.4, 0.5) is 11.4 Å². The Morgan fingerprint density at radius 2 is 1.86 bits per heavy atom. The van der Waals surface area contributed by atoms with Crippen LogP contribution in [-0.2, 0) is 0 Å². The SMILES string of the molecule is COc1ccc(C(C)Nc2ccc(N)c(C(C)=O)c2)cc1. The Hall–Kier alpha value is -2.49. The van der Waals surface area contributed by atoms with Crippen LogP contribution in [0, 0.1) is 0 Å². The second-order valence-corrected chi connectivity index (χ2v) is 5.00. The van der Waals surface area contributed by atoms with E-state index in [9.17, 15) is 4.79 Å².